The number of halogens is 1. The molecule has 0 fully saturated rings. The Morgan fingerprint density at radius 3 is 2.56 bits per heavy atom. The van der Waals surface area contributed by atoms with E-state index in [0.29, 0.717) is 0 Å². The van der Waals surface area contributed by atoms with Gasteiger partial charge in [-0.3, -0.25) is 9.48 Å². The van der Waals surface area contributed by atoms with E-state index in [2.05, 4.69) is 15.1 Å². The first-order chi connectivity index (χ1) is 11.7. The van der Waals surface area contributed by atoms with E-state index in [0.717, 1.165) is 17.7 Å². The van der Waals surface area contributed by atoms with Crippen LogP contribution in [0.1, 0.15) is 19.4 Å². The number of carbonyl (C=O) groups excluding carboxylic acids is 1. The molecule has 2 N–H and O–H groups in total. The predicted molar refractivity (Wildman–Crippen MR) is 90.4 cm³/mol. The normalized spacial score (nSPS) is 13.0. The Bertz CT molecular complexity index is 849. The zero-order valence-corrected chi connectivity index (χ0v) is 15.0. The van der Waals surface area contributed by atoms with Gasteiger partial charge in [-0.15, -0.1) is 0 Å². The molecule has 0 saturated carbocycles. The van der Waals surface area contributed by atoms with Gasteiger partial charge < -0.3 is 5.32 Å². The molecule has 1 aromatic heterocycles. The Morgan fingerprint density at radius 2 is 2.00 bits per heavy atom. The van der Waals surface area contributed by atoms with Gasteiger partial charge in [-0.05, 0) is 18.1 Å². The van der Waals surface area contributed by atoms with Crippen LogP contribution in [0.4, 0.5) is 4.39 Å². The van der Waals surface area contributed by atoms with E-state index in [1.165, 1.54) is 12.1 Å². The third kappa shape index (κ3) is 4.86. The lowest BCUT2D eigenvalue weighted by atomic mass is 10.1. The number of benzene rings is 1. The van der Waals surface area contributed by atoms with Crippen molar-refractivity contribution in [3.05, 3.63) is 48.0 Å². The zero-order valence-electron chi connectivity index (χ0n) is 14.2. The fourth-order valence-corrected chi connectivity index (χ4v) is 3.67. The highest BCUT2D eigenvalue weighted by atomic mass is 32.2. The van der Waals surface area contributed by atoms with Crippen molar-refractivity contribution in [2.45, 2.75) is 31.3 Å². The maximum atomic E-state index is 13.8. The van der Waals surface area contributed by atoms with Crippen LogP contribution in [0.25, 0.3) is 0 Å². The van der Waals surface area contributed by atoms with Gasteiger partial charge in [-0.2, -0.15) is 9.82 Å². The van der Waals surface area contributed by atoms with Crippen LogP contribution in [-0.4, -0.2) is 30.1 Å². The average Bonchev–Trinajstić information content (AvgIpc) is 2.96. The van der Waals surface area contributed by atoms with E-state index in [9.17, 15) is 17.6 Å². The lowest BCUT2D eigenvalue weighted by Gasteiger charge is -2.21. The fraction of sp³-hybridized carbons (Fsp3) is 0.375. The van der Waals surface area contributed by atoms with E-state index >= 15 is 0 Å². The quantitative estimate of drug-likeness (QED) is 0.767. The van der Waals surface area contributed by atoms with Gasteiger partial charge in [0.25, 0.3) is 0 Å². The van der Waals surface area contributed by atoms with Crippen LogP contribution < -0.4 is 10.0 Å². The number of carbonyl (C=O) groups is 1. The van der Waals surface area contributed by atoms with Gasteiger partial charge in [0.1, 0.15) is 16.8 Å². The van der Waals surface area contributed by atoms with Crippen LogP contribution in [0.5, 0.6) is 0 Å². The first-order valence-corrected chi connectivity index (χ1v) is 9.21. The number of amides is 1. The molecule has 0 spiro atoms. The Hall–Kier alpha value is -2.26. The van der Waals surface area contributed by atoms with Crippen LogP contribution in [0.2, 0.25) is 0 Å². The molecule has 1 aromatic carbocycles. The van der Waals surface area contributed by atoms with E-state index in [-0.39, 0.29) is 12.5 Å². The Balaban J connectivity index is 2.12. The molecule has 1 heterocycles. The van der Waals surface area contributed by atoms with Gasteiger partial charge in [0, 0.05) is 25.4 Å². The summed E-state index contributed by atoms with van der Waals surface area (Å²) >= 11 is 0. The third-order valence-corrected chi connectivity index (χ3v) is 5.06. The summed E-state index contributed by atoms with van der Waals surface area (Å²) in [6, 6.07) is 4.00. The van der Waals surface area contributed by atoms with Gasteiger partial charge in [0.15, 0.2) is 0 Å². The van der Waals surface area contributed by atoms with E-state index in [4.69, 9.17) is 0 Å². The van der Waals surface area contributed by atoms with Crippen LogP contribution in [0.15, 0.2) is 41.6 Å². The second kappa shape index (κ2) is 7.75. The third-order valence-electron chi connectivity index (χ3n) is 3.58. The second-order valence-electron chi connectivity index (χ2n) is 6.01. The molecule has 25 heavy (non-hydrogen) atoms. The summed E-state index contributed by atoms with van der Waals surface area (Å²) in [5.74, 6) is -1.68. The Labute approximate surface area is 146 Å². The molecule has 0 bridgehead atoms. The van der Waals surface area contributed by atoms with Crippen molar-refractivity contribution in [1.29, 1.82) is 0 Å². The smallest absolute Gasteiger partial charge is 0.244 e. The fourth-order valence-electron chi connectivity index (χ4n) is 2.25. The van der Waals surface area contributed by atoms with Crippen molar-refractivity contribution in [3.8, 4) is 0 Å². The van der Waals surface area contributed by atoms with Gasteiger partial charge in [-0.25, -0.2) is 12.8 Å². The molecule has 2 aromatic rings. The highest BCUT2D eigenvalue weighted by molar-refractivity contribution is 7.89. The number of hydrogen-bond donors (Lipinski definition) is 2. The largest absolute Gasteiger partial charge is 0.351 e. The standard InChI is InChI=1S/C16H21FN4O3S/c1-11(2)15(16(22)18-8-12-9-19-21(3)10-12)20-25(23,24)14-7-5-4-6-13(14)17/h4-7,9-11,15,20H,8H2,1-3H3,(H,18,22)/t15-/m0/s1. The molecule has 0 aliphatic carbocycles. The highest BCUT2D eigenvalue weighted by Crippen LogP contribution is 2.15. The number of nitrogens with one attached hydrogen (secondary N) is 2. The van der Waals surface area contributed by atoms with Gasteiger partial charge >= 0.3 is 0 Å². The minimum absolute atomic E-state index is 0.220. The summed E-state index contributed by atoms with van der Waals surface area (Å²) in [6.45, 7) is 3.63. The summed E-state index contributed by atoms with van der Waals surface area (Å²) in [4.78, 5) is 11.9. The first kappa shape index (κ1) is 19.1. The molecule has 0 saturated heterocycles. The predicted octanol–water partition coefficient (Wildman–Crippen LogP) is 1.18. The van der Waals surface area contributed by atoms with Crippen molar-refractivity contribution in [1.82, 2.24) is 19.8 Å². The Morgan fingerprint density at radius 1 is 1.32 bits per heavy atom. The van der Waals surface area contributed by atoms with Crippen molar-refractivity contribution >= 4 is 15.9 Å². The highest BCUT2D eigenvalue weighted by Gasteiger charge is 2.29. The van der Waals surface area contributed by atoms with Crippen molar-refractivity contribution in [2.24, 2.45) is 13.0 Å². The van der Waals surface area contributed by atoms with Crippen molar-refractivity contribution in [3.63, 3.8) is 0 Å². The van der Waals surface area contributed by atoms with E-state index in [1.807, 2.05) is 0 Å². The molecular weight excluding hydrogens is 347 g/mol. The van der Waals surface area contributed by atoms with Gasteiger partial charge in [-0.1, -0.05) is 26.0 Å². The SMILES string of the molecule is CC(C)[C@H](NS(=O)(=O)c1ccccc1F)C(=O)NCc1cnn(C)c1. The molecule has 136 valence electrons. The summed E-state index contributed by atoms with van der Waals surface area (Å²) in [7, 11) is -2.41. The van der Waals surface area contributed by atoms with Crippen LogP contribution in [0, 0.1) is 11.7 Å². The minimum Gasteiger partial charge on any atom is -0.351 e. The summed E-state index contributed by atoms with van der Waals surface area (Å²) < 4.78 is 42.5. The molecule has 0 radical (unpaired) electrons. The van der Waals surface area contributed by atoms with Gasteiger partial charge in [0.2, 0.25) is 15.9 Å². The average molecular weight is 368 g/mol. The monoisotopic (exact) mass is 368 g/mol. The molecule has 1 amide bonds. The van der Waals surface area contributed by atoms with Crippen LogP contribution in [0.3, 0.4) is 0 Å². The van der Waals surface area contributed by atoms with Gasteiger partial charge in [0.05, 0.1) is 6.20 Å². The Kier molecular flexibility index (Phi) is 5.91. The maximum absolute atomic E-state index is 13.8. The number of aryl methyl sites for hydroxylation is 1. The second-order valence-corrected chi connectivity index (χ2v) is 7.70. The molecule has 7 nitrogen and oxygen atoms in total. The number of nitrogens with zero attached hydrogens (tertiary/aromatic N) is 2. The number of aromatic nitrogens is 2. The first-order valence-electron chi connectivity index (χ1n) is 7.73. The molecule has 9 heteroatoms. The van der Waals surface area contributed by atoms with E-state index < -0.39 is 32.7 Å². The minimum atomic E-state index is -4.16. The summed E-state index contributed by atoms with van der Waals surface area (Å²) in [5, 5.41) is 6.66. The molecule has 1 atom stereocenters. The zero-order chi connectivity index (χ0) is 18.6. The lowest BCUT2D eigenvalue weighted by Crippen LogP contribution is -2.49. The van der Waals surface area contributed by atoms with E-state index in [1.54, 1.807) is 38.0 Å². The molecular formula is C16H21FN4O3S. The van der Waals surface area contributed by atoms with Crippen molar-refractivity contribution < 1.29 is 17.6 Å². The lowest BCUT2D eigenvalue weighted by molar-refractivity contribution is -0.123. The van der Waals surface area contributed by atoms with Crippen molar-refractivity contribution in [2.75, 3.05) is 0 Å². The topological polar surface area (TPSA) is 93.1 Å². The number of hydrogen-bond acceptors (Lipinski definition) is 4. The maximum Gasteiger partial charge on any atom is 0.244 e. The van der Waals surface area contributed by atoms with Crippen LogP contribution >= 0.6 is 0 Å². The molecule has 2 rings (SSSR count). The summed E-state index contributed by atoms with van der Waals surface area (Å²) in [5.41, 5.74) is 0.787. The summed E-state index contributed by atoms with van der Waals surface area (Å²) in [6.07, 6.45) is 3.35. The molecule has 0 aliphatic rings. The number of sulfonamides is 1. The molecule has 0 unspecified atom stereocenters. The molecule has 0 aliphatic heterocycles. The number of rotatable bonds is 7. The van der Waals surface area contributed by atoms with Crippen LogP contribution in [-0.2, 0) is 28.4 Å².